The lowest BCUT2D eigenvalue weighted by molar-refractivity contribution is -0.139. The molecule has 0 heterocycles. The van der Waals surface area contributed by atoms with Crippen molar-refractivity contribution in [1.82, 2.24) is 0 Å². The molecule has 0 aliphatic carbocycles. The van der Waals surface area contributed by atoms with Crippen LogP contribution in [0.25, 0.3) is 0 Å². The number of hydrogen-bond donors (Lipinski definition) is 0. The van der Waals surface area contributed by atoms with E-state index in [4.69, 9.17) is 11.6 Å². The van der Waals surface area contributed by atoms with Gasteiger partial charge in [-0.05, 0) is 22.9 Å². The van der Waals surface area contributed by atoms with Crippen LogP contribution in [0.5, 0.6) is 0 Å². The maximum Gasteiger partial charge on any atom is 0.309 e. The molecule has 0 amide bonds. The number of carbonyl (C=O) groups is 1. The highest BCUT2D eigenvalue weighted by atomic mass is 35.5. The van der Waals surface area contributed by atoms with Crippen molar-refractivity contribution in [3.63, 3.8) is 0 Å². The number of nitrogens with zero attached hydrogens (tertiary/aromatic N) is 1. The Morgan fingerprint density at radius 3 is 2.79 bits per heavy atom. The molecule has 0 saturated heterocycles. The molecule has 1 aromatic rings. The van der Waals surface area contributed by atoms with E-state index >= 15 is 0 Å². The van der Waals surface area contributed by atoms with Gasteiger partial charge in [0.2, 0.25) is 0 Å². The molecule has 0 bridgehead atoms. The number of halogens is 1. The summed E-state index contributed by atoms with van der Waals surface area (Å²) in [6, 6.07) is 4.60. The molecule has 4 nitrogen and oxygen atoms in total. The monoisotopic (exact) mass is 213 g/mol. The molecule has 74 valence electrons. The van der Waals surface area contributed by atoms with Crippen LogP contribution in [0.4, 0.5) is 5.69 Å². The van der Waals surface area contributed by atoms with Gasteiger partial charge in [0.1, 0.15) is 5.69 Å². The van der Waals surface area contributed by atoms with Gasteiger partial charge >= 0.3 is 5.97 Å². The van der Waals surface area contributed by atoms with Gasteiger partial charge in [-0.1, -0.05) is 17.7 Å². The first kappa shape index (κ1) is 10.7. The molecule has 5 heteroatoms. The average Bonchev–Trinajstić information content (AvgIpc) is 2.18. The number of esters is 1. The van der Waals surface area contributed by atoms with E-state index < -0.39 is 0 Å². The SMILES string of the molecule is COC(=O)Cc1ccc(N=O)c(Cl)c1. The summed E-state index contributed by atoms with van der Waals surface area (Å²) in [5.74, 6) is -0.354. The molecule has 0 radical (unpaired) electrons. The third-order valence-electron chi connectivity index (χ3n) is 1.69. The first-order valence-corrected chi connectivity index (χ1v) is 4.23. The fourth-order valence-corrected chi connectivity index (χ4v) is 1.21. The summed E-state index contributed by atoms with van der Waals surface area (Å²) in [6.07, 6.45) is 0.134. The molecule has 0 aliphatic heterocycles. The van der Waals surface area contributed by atoms with Gasteiger partial charge in [0.25, 0.3) is 0 Å². The zero-order chi connectivity index (χ0) is 10.6. The molecule has 0 N–H and O–H groups in total. The summed E-state index contributed by atoms with van der Waals surface area (Å²) < 4.78 is 4.48. The Balaban J connectivity index is 2.86. The molecular formula is C9H8ClNO3. The second kappa shape index (κ2) is 4.72. The van der Waals surface area contributed by atoms with E-state index in [1.807, 2.05) is 0 Å². The van der Waals surface area contributed by atoms with Gasteiger partial charge in [-0.15, -0.1) is 4.91 Å². The van der Waals surface area contributed by atoms with E-state index in [0.29, 0.717) is 5.56 Å². The van der Waals surface area contributed by atoms with Crippen LogP contribution in [-0.4, -0.2) is 13.1 Å². The van der Waals surface area contributed by atoms with Gasteiger partial charge in [-0.3, -0.25) is 4.79 Å². The van der Waals surface area contributed by atoms with Gasteiger partial charge in [-0.25, -0.2) is 0 Å². The fraction of sp³-hybridized carbons (Fsp3) is 0.222. The summed E-state index contributed by atoms with van der Waals surface area (Å²) in [4.78, 5) is 21.1. The average molecular weight is 214 g/mol. The highest BCUT2D eigenvalue weighted by Crippen LogP contribution is 2.25. The quantitative estimate of drug-likeness (QED) is 0.573. The van der Waals surface area contributed by atoms with Crippen molar-refractivity contribution in [2.75, 3.05) is 7.11 Å². The van der Waals surface area contributed by atoms with E-state index in [2.05, 4.69) is 9.91 Å². The number of hydrogen-bond acceptors (Lipinski definition) is 4. The zero-order valence-electron chi connectivity index (χ0n) is 7.49. The molecule has 0 aliphatic rings. The second-order valence-corrected chi connectivity index (χ2v) is 3.04. The Labute approximate surface area is 85.8 Å². The first-order valence-electron chi connectivity index (χ1n) is 3.86. The third kappa shape index (κ3) is 2.53. The lowest BCUT2D eigenvalue weighted by Crippen LogP contribution is -2.04. The Morgan fingerprint density at radius 1 is 1.57 bits per heavy atom. The molecule has 0 atom stereocenters. The Kier molecular flexibility index (Phi) is 3.59. The van der Waals surface area contributed by atoms with Crippen molar-refractivity contribution >= 4 is 23.3 Å². The molecule has 1 aromatic carbocycles. The van der Waals surface area contributed by atoms with E-state index in [1.54, 1.807) is 6.07 Å². The molecule has 0 spiro atoms. The molecule has 0 aromatic heterocycles. The van der Waals surface area contributed by atoms with Crippen molar-refractivity contribution in [2.45, 2.75) is 6.42 Å². The summed E-state index contributed by atoms with van der Waals surface area (Å²) in [5, 5.41) is 2.95. The van der Waals surface area contributed by atoms with Crippen LogP contribution in [0.15, 0.2) is 23.4 Å². The molecule has 0 saturated carbocycles. The minimum absolute atomic E-state index is 0.134. The maximum atomic E-state index is 10.9. The van der Waals surface area contributed by atoms with Crippen molar-refractivity contribution < 1.29 is 9.53 Å². The predicted molar refractivity (Wildman–Crippen MR) is 52.6 cm³/mol. The zero-order valence-corrected chi connectivity index (χ0v) is 8.25. The summed E-state index contributed by atoms with van der Waals surface area (Å²) >= 11 is 5.71. The van der Waals surface area contributed by atoms with E-state index in [0.717, 1.165) is 0 Å². The van der Waals surface area contributed by atoms with Crippen LogP contribution in [0.3, 0.4) is 0 Å². The lowest BCUT2D eigenvalue weighted by atomic mass is 10.1. The summed E-state index contributed by atoms with van der Waals surface area (Å²) in [6.45, 7) is 0. The molecular weight excluding hydrogens is 206 g/mol. The van der Waals surface area contributed by atoms with Crippen LogP contribution in [0.2, 0.25) is 5.02 Å². The first-order chi connectivity index (χ1) is 6.67. The lowest BCUT2D eigenvalue weighted by Gasteiger charge is -2.01. The minimum Gasteiger partial charge on any atom is -0.469 e. The molecule has 14 heavy (non-hydrogen) atoms. The standard InChI is InChI=1S/C9H8ClNO3/c1-14-9(12)5-6-2-3-8(11-13)7(10)4-6/h2-4H,5H2,1H3. The smallest absolute Gasteiger partial charge is 0.309 e. The van der Waals surface area contributed by atoms with Crippen LogP contribution >= 0.6 is 11.6 Å². The Morgan fingerprint density at radius 2 is 2.29 bits per heavy atom. The minimum atomic E-state index is -0.354. The number of benzene rings is 1. The number of nitroso groups, excluding NO2 is 1. The van der Waals surface area contributed by atoms with Gasteiger partial charge < -0.3 is 4.74 Å². The van der Waals surface area contributed by atoms with Gasteiger partial charge in [0.15, 0.2) is 0 Å². The van der Waals surface area contributed by atoms with Crippen LogP contribution in [-0.2, 0) is 16.0 Å². The second-order valence-electron chi connectivity index (χ2n) is 2.63. The van der Waals surface area contributed by atoms with Gasteiger partial charge in [-0.2, -0.15) is 0 Å². The third-order valence-corrected chi connectivity index (χ3v) is 1.99. The van der Waals surface area contributed by atoms with Crippen molar-refractivity contribution in [2.24, 2.45) is 5.18 Å². The van der Waals surface area contributed by atoms with Crippen LogP contribution < -0.4 is 0 Å². The van der Waals surface area contributed by atoms with Gasteiger partial charge in [0, 0.05) is 0 Å². The van der Waals surface area contributed by atoms with E-state index in [1.165, 1.54) is 19.2 Å². The van der Waals surface area contributed by atoms with E-state index in [9.17, 15) is 9.70 Å². The molecule has 1 rings (SSSR count). The summed E-state index contributed by atoms with van der Waals surface area (Å²) in [5.41, 5.74) is 0.856. The number of methoxy groups -OCH3 is 1. The van der Waals surface area contributed by atoms with Gasteiger partial charge in [0.05, 0.1) is 18.6 Å². The van der Waals surface area contributed by atoms with Crippen molar-refractivity contribution in [3.05, 3.63) is 33.7 Å². The topological polar surface area (TPSA) is 55.7 Å². The van der Waals surface area contributed by atoms with Crippen molar-refractivity contribution in [3.8, 4) is 0 Å². The van der Waals surface area contributed by atoms with Crippen LogP contribution in [0, 0.1) is 4.91 Å². The number of rotatable bonds is 3. The summed E-state index contributed by atoms with van der Waals surface area (Å²) in [7, 11) is 1.31. The van der Waals surface area contributed by atoms with E-state index in [-0.39, 0.29) is 23.1 Å². The normalized spacial score (nSPS) is 9.57. The molecule has 0 fully saturated rings. The maximum absolute atomic E-state index is 10.9. The highest BCUT2D eigenvalue weighted by molar-refractivity contribution is 6.33. The number of ether oxygens (including phenoxy) is 1. The Bertz CT molecular complexity index is 365. The largest absolute Gasteiger partial charge is 0.469 e. The Hall–Kier alpha value is -1.42. The number of carbonyl (C=O) groups excluding carboxylic acids is 1. The van der Waals surface area contributed by atoms with Crippen LogP contribution in [0.1, 0.15) is 5.56 Å². The fourth-order valence-electron chi connectivity index (χ4n) is 0.973. The molecule has 0 unspecified atom stereocenters. The highest BCUT2D eigenvalue weighted by Gasteiger charge is 2.06. The predicted octanol–water partition coefficient (Wildman–Crippen LogP) is 2.45. The van der Waals surface area contributed by atoms with Crippen molar-refractivity contribution in [1.29, 1.82) is 0 Å².